The van der Waals surface area contributed by atoms with E-state index in [9.17, 15) is 8.78 Å². The molecule has 1 nitrogen and oxygen atoms in total. The van der Waals surface area contributed by atoms with Gasteiger partial charge in [-0.25, -0.2) is 8.78 Å². The summed E-state index contributed by atoms with van der Waals surface area (Å²) in [6.07, 6.45) is 0.812. The zero-order valence-corrected chi connectivity index (χ0v) is 11.2. The van der Waals surface area contributed by atoms with Gasteiger partial charge in [0.2, 0.25) is 0 Å². The summed E-state index contributed by atoms with van der Waals surface area (Å²) >= 11 is 4.77. The molecular formula is C12H10BrF2NS. The summed E-state index contributed by atoms with van der Waals surface area (Å²) in [5.41, 5.74) is 1.52. The number of benzene rings is 1. The van der Waals surface area contributed by atoms with Crippen molar-refractivity contribution >= 4 is 33.0 Å². The molecule has 1 aromatic heterocycles. The molecule has 0 amide bonds. The number of nitrogens with one attached hydrogen (secondary N) is 1. The van der Waals surface area contributed by atoms with E-state index >= 15 is 0 Å². The molecule has 0 fully saturated rings. The van der Waals surface area contributed by atoms with E-state index in [1.807, 2.05) is 11.4 Å². The Morgan fingerprint density at radius 3 is 2.76 bits per heavy atom. The maximum absolute atomic E-state index is 13.4. The number of hydrogen-bond donors (Lipinski definition) is 1. The van der Waals surface area contributed by atoms with Crippen LogP contribution in [0.2, 0.25) is 0 Å². The van der Waals surface area contributed by atoms with Crippen molar-refractivity contribution in [2.75, 3.05) is 11.9 Å². The van der Waals surface area contributed by atoms with Crippen molar-refractivity contribution in [1.29, 1.82) is 0 Å². The molecule has 0 unspecified atom stereocenters. The molecule has 90 valence electrons. The van der Waals surface area contributed by atoms with E-state index in [1.54, 1.807) is 11.3 Å². The molecule has 0 saturated carbocycles. The van der Waals surface area contributed by atoms with Crippen molar-refractivity contribution in [2.24, 2.45) is 0 Å². The normalized spacial score (nSPS) is 10.5. The van der Waals surface area contributed by atoms with Gasteiger partial charge in [-0.2, -0.15) is 11.3 Å². The molecule has 0 bridgehead atoms. The summed E-state index contributed by atoms with van der Waals surface area (Å²) in [6, 6.07) is 4.15. The SMILES string of the molecule is Fc1cc(F)c(NCCc2ccsc2)c(Br)c1. The van der Waals surface area contributed by atoms with E-state index in [4.69, 9.17) is 0 Å². The average molecular weight is 318 g/mol. The number of thiophene rings is 1. The van der Waals surface area contributed by atoms with E-state index in [1.165, 1.54) is 11.6 Å². The van der Waals surface area contributed by atoms with Gasteiger partial charge in [0.15, 0.2) is 0 Å². The fourth-order valence-electron chi connectivity index (χ4n) is 1.48. The summed E-state index contributed by atoms with van der Waals surface area (Å²) in [5.74, 6) is -1.17. The van der Waals surface area contributed by atoms with E-state index in [0.717, 1.165) is 12.5 Å². The van der Waals surface area contributed by atoms with E-state index < -0.39 is 11.6 Å². The van der Waals surface area contributed by atoms with Gasteiger partial charge >= 0.3 is 0 Å². The highest BCUT2D eigenvalue weighted by Crippen LogP contribution is 2.26. The van der Waals surface area contributed by atoms with Gasteiger partial charge in [-0.15, -0.1) is 0 Å². The molecule has 1 N–H and O–H groups in total. The molecule has 0 aliphatic heterocycles. The topological polar surface area (TPSA) is 12.0 Å². The standard InChI is InChI=1S/C12H10BrF2NS/c13-10-5-9(14)6-11(15)12(10)16-3-1-8-2-4-17-7-8/h2,4-7,16H,1,3H2. The molecule has 0 aliphatic carbocycles. The summed E-state index contributed by atoms with van der Waals surface area (Å²) in [7, 11) is 0. The zero-order chi connectivity index (χ0) is 12.3. The Morgan fingerprint density at radius 2 is 2.12 bits per heavy atom. The lowest BCUT2D eigenvalue weighted by Crippen LogP contribution is -2.06. The first-order valence-electron chi connectivity index (χ1n) is 5.06. The van der Waals surface area contributed by atoms with Crippen molar-refractivity contribution in [1.82, 2.24) is 0 Å². The third kappa shape index (κ3) is 3.26. The number of rotatable bonds is 4. The van der Waals surface area contributed by atoms with E-state index in [2.05, 4.69) is 26.6 Å². The molecule has 0 atom stereocenters. The minimum atomic E-state index is -0.585. The van der Waals surface area contributed by atoms with Crippen molar-refractivity contribution in [2.45, 2.75) is 6.42 Å². The maximum Gasteiger partial charge on any atom is 0.150 e. The van der Waals surface area contributed by atoms with Gasteiger partial charge < -0.3 is 5.32 Å². The number of halogens is 3. The third-order valence-electron chi connectivity index (χ3n) is 2.30. The van der Waals surface area contributed by atoms with Crippen LogP contribution in [0.1, 0.15) is 5.56 Å². The molecule has 1 aromatic carbocycles. The first-order valence-corrected chi connectivity index (χ1v) is 6.80. The van der Waals surface area contributed by atoms with Gasteiger partial charge in [-0.1, -0.05) is 0 Å². The Bertz CT molecular complexity index is 476. The lowest BCUT2D eigenvalue weighted by atomic mass is 10.2. The average Bonchev–Trinajstić information content (AvgIpc) is 2.74. The third-order valence-corrected chi connectivity index (χ3v) is 3.66. The molecule has 1 heterocycles. The maximum atomic E-state index is 13.4. The van der Waals surface area contributed by atoms with Gasteiger partial charge in [0.1, 0.15) is 11.6 Å². The first-order chi connectivity index (χ1) is 8.16. The number of hydrogen-bond acceptors (Lipinski definition) is 2. The molecule has 0 aliphatic rings. The molecule has 0 radical (unpaired) electrons. The number of anilines is 1. The van der Waals surface area contributed by atoms with Crippen LogP contribution in [-0.4, -0.2) is 6.54 Å². The highest BCUT2D eigenvalue weighted by molar-refractivity contribution is 9.10. The largest absolute Gasteiger partial charge is 0.381 e. The first kappa shape index (κ1) is 12.5. The van der Waals surface area contributed by atoms with Crippen LogP contribution in [0.5, 0.6) is 0 Å². The predicted octanol–water partition coefficient (Wildman–Crippen LogP) is 4.44. The Balaban J connectivity index is 1.99. The molecule has 0 spiro atoms. The molecule has 2 rings (SSSR count). The fourth-order valence-corrected chi connectivity index (χ4v) is 2.73. The van der Waals surface area contributed by atoms with E-state index in [0.29, 0.717) is 16.7 Å². The van der Waals surface area contributed by atoms with Crippen molar-refractivity contribution < 1.29 is 8.78 Å². The van der Waals surface area contributed by atoms with Crippen LogP contribution in [0.25, 0.3) is 0 Å². The van der Waals surface area contributed by atoms with Gasteiger partial charge in [-0.05, 0) is 50.8 Å². The van der Waals surface area contributed by atoms with Crippen LogP contribution in [0.15, 0.2) is 33.4 Å². The minimum absolute atomic E-state index is 0.307. The van der Waals surface area contributed by atoms with Crippen LogP contribution in [0.4, 0.5) is 14.5 Å². The van der Waals surface area contributed by atoms with Gasteiger partial charge in [-0.3, -0.25) is 0 Å². The molecule has 0 saturated heterocycles. The summed E-state index contributed by atoms with van der Waals surface area (Å²) in [6.45, 7) is 0.609. The summed E-state index contributed by atoms with van der Waals surface area (Å²) in [4.78, 5) is 0. The van der Waals surface area contributed by atoms with Gasteiger partial charge in [0.25, 0.3) is 0 Å². The minimum Gasteiger partial charge on any atom is -0.381 e. The molecule has 2 aromatic rings. The Morgan fingerprint density at radius 1 is 1.29 bits per heavy atom. The lowest BCUT2D eigenvalue weighted by Gasteiger charge is -2.09. The quantitative estimate of drug-likeness (QED) is 0.878. The van der Waals surface area contributed by atoms with Gasteiger partial charge in [0, 0.05) is 17.1 Å². The fraction of sp³-hybridized carbons (Fsp3) is 0.167. The summed E-state index contributed by atoms with van der Waals surface area (Å²) < 4.78 is 26.7. The predicted molar refractivity (Wildman–Crippen MR) is 70.6 cm³/mol. The molecule has 17 heavy (non-hydrogen) atoms. The highest BCUT2D eigenvalue weighted by Gasteiger charge is 2.08. The van der Waals surface area contributed by atoms with Crippen LogP contribution < -0.4 is 5.32 Å². The van der Waals surface area contributed by atoms with Crippen LogP contribution in [0.3, 0.4) is 0 Å². The second kappa shape index (κ2) is 5.60. The monoisotopic (exact) mass is 317 g/mol. The highest BCUT2D eigenvalue weighted by atomic mass is 79.9. The second-order valence-electron chi connectivity index (χ2n) is 3.55. The van der Waals surface area contributed by atoms with Crippen LogP contribution >= 0.6 is 27.3 Å². The van der Waals surface area contributed by atoms with Gasteiger partial charge in [0.05, 0.1) is 5.69 Å². The van der Waals surface area contributed by atoms with Crippen molar-refractivity contribution in [3.63, 3.8) is 0 Å². The Labute approximate surface area is 111 Å². The smallest absolute Gasteiger partial charge is 0.150 e. The van der Waals surface area contributed by atoms with Crippen molar-refractivity contribution in [3.8, 4) is 0 Å². The zero-order valence-electron chi connectivity index (χ0n) is 8.84. The van der Waals surface area contributed by atoms with E-state index in [-0.39, 0.29) is 0 Å². The second-order valence-corrected chi connectivity index (χ2v) is 5.19. The van der Waals surface area contributed by atoms with Crippen LogP contribution in [-0.2, 0) is 6.42 Å². The lowest BCUT2D eigenvalue weighted by molar-refractivity contribution is 0.583. The Hall–Kier alpha value is -0.940. The molecular weight excluding hydrogens is 308 g/mol. The molecule has 5 heteroatoms. The van der Waals surface area contributed by atoms with Crippen LogP contribution in [0, 0.1) is 11.6 Å². The van der Waals surface area contributed by atoms with Crippen molar-refractivity contribution in [3.05, 3.63) is 50.6 Å². The Kier molecular flexibility index (Phi) is 4.12. The summed E-state index contributed by atoms with van der Waals surface area (Å²) in [5, 5.41) is 7.02.